The number of nitro groups is 1. The second-order valence-electron chi connectivity index (χ2n) is 8.56. The Morgan fingerprint density at radius 1 is 1.18 bits per heavy atom. The molecule has 0 amide bonds. The van der Waals surface area contributed by atoms with Crippen LogP contribution in [0, 0.1) is 22.0 Å². The summed E-state index contributed by atoms with van der Waals surface area (Å²) >= 11 is 1.33. The van der Waals surface area contributed by atoms with Gasteiger partial charge < -0.3 is 0 Å². The predicted molar refractivity (Wildman–Crippen MR) is 134 cm³/mol. The molecule has 0 bridgehead atoms. The molecule has 1 aliphatic heterocycles. The molecule has 1 N–H and O–H groups in total. The lowest BCUT2D eigenvalue weighted by atomic mass is 9.94. The number of hydrazone groups is 1. The first-order valence-electron chi connectivity index (χ1n) is 10.8. The van der Waals surface area contributed by atoms with Crippen LogP contribution in [-0.2, 0) is 10.0 Å². The zero-order chi connectivity index (χ0) is 24.3. The van der Waals surface area contributed by atoms with Gasteiger partial charge in [-0.2, -0.15) is 9.41 Å². The van der Waals surface area contributed by atoms with E-state index in [1.165, 1.54) is 29.7 Å². The van der Waals surface area contributed by atoms with Crippen molar-refractivity contribution in [2.45, 2.75) is 25.2 Å². The van der Waals surface area contributed by atoms with Crippen LogP contribution in [0.2, 0.25) is 0 Å². The normalized spacial score (nSPS) is 19.4. The van der Waals surface area contributed by atoms with Crippen molar-refractivity contribution < 1.29 is 13.3 Å². The summed E-state index contributed by atoms with van der Waals surface area (Å²) in [6.45, 7) is 5.23. The van der Waals surface area contributed by atoms with E-state index in [0.29, 0.717) is 46.9 Å². The fraction of sp³-hybridized carbons (Fsp3) is 0.304. The average molecular weight is 500 g/mol. The topological polar surface area (TPSA) is 118 Å². The first kappa shape index (κ1) is 24.0. The summed E-state index contributed by atoms with van der Waals surface area (Å²) in [5, 5.41) is 17.3. The molecule has 2 atom stereocenters. The van der Waals surface area contributed by atoms with Crippen molar-refractivity contribution in [1.29, 1.82) is 0 Å². The number of nitro benzene ring substituents is 1. The minimum absolute atomic E-state index is 0.0104. The van der Waals surface area contributed by atoms with Gasteiger partial charge in [-0.25, -0.2) is 13.4 Å². The summed E-state index contributed by atoms with van der Waals surface area (Å²) in [6, 6.07) is 13.0. The Balaban J connectivity index is 1.48. The molecular formula is C23H25N5O4S2. The lowest BCUT2D eigenvalue weighted by Gasteiger charge is -2.34. The van der Waals surface area contributed by atoms with E-state index in [4.69, 9.17) is 0 Å². The highest BCUT2D eigenvalue weighted by atomic mass is 32.2. The Labute approximate surface area is 202 Å². The number of non-ortho nitro benzene ring substituents is 1. The number of hydrogen-bond donors (Lipinski definition) is 1. The van der Waals surface area contributed by atoms with Gasteiger partial charge in [0.1, 0.15) is 0 Å². The van der Waals surface area contributed by atoms with Crippen molar-refractivity contribution in [3.05, 3.63) is 69.6 Å². The SMILES string of the molecule is CC1CC(C)CN(S(=O)(=O)c2cccc(-c3csc(NN=Cc4cccc([N+](=O)[O-])c4)n3)c2)C1. The second kappa shape index (κ2) is 10.00. The number of thiazole rings is 1. The van der Waals surface area contributed by atoms with E-state index in [2.05, 4.69) is 29.4 Å². The van der Waals surface area contributed by atoms with Gasteiger partial charge in [-0.3, -0.25) is 15.5 Å². The van der Waals surface area contributed by atoms with Gasteiger partial charge in [0.2, 0.25) is 15.2 Å². The Hall–Kier alpha value is -3.15. The van der Waals surface area contributed by atoms with Crippen LogP contribution in [0.1, 0.15) is 25.8 Å². The average Bonchev–Trinajstić information content (AvgIpc) is 3.28. The molecule has 2 aromatic carbocycles. The third-order valence-electron chi connectivity index (χ3n) is 5.56. The van der Waals surface area contributed by atoms with Gasteiger partial charge in [0.25, 0.3) is 5.69 Å². The summed E-state index contributed by atoms with van der Waals surface area (Å²) in [5.41, 5.74) is 4.72. The Kier molecular flexibility index (Phi) is 7.05. The molecule has 0 saturated carbocycles. The number of benzene rings is 2. The van der Waals surface area contributed by atoms with Crippen LogP contribution < -0.4 is 5.43 Å². The van der Waals surface area contributed by atoms with Gasteiger partial charge in [-0.15, -0.1) is 11.3 Å². The molecule has 11 heteroatoms. The lowest BCUT2D eigenvalue weighted by molar-refractivity contribution is -0.384. The number of nitrogens with one attached hydrogen (secondary N) is 1. The zero-order valence-corrected chi connectivity index (χ0v) is 20.4. The Morgan fingerprint density at radius 3 is 2.65 bits per heavy atom. The molecule has 9 nitrogen and oxygen atoms in total. The van der Waals surface area contributed by atoms with Gasteiger partial charge in [-0.05, 0) is 30.4 Å². The third-order valence-corrected chi connectivity index (χ3v) is 8.14. The van der Waals surface area contributed by atoms with Crippen molar-refractivity contribution in [3.8, 4) is 11.3 Å². The summed E-state index contributed by atoms with van der Waals surface area (Å²) in [4.78, 5) is 15.2. The van der Waals surface area contributed by atoms with Crippen LogP contribution in [0.25, 0.3) is 11.3 Å². The summed E-state index contributed by atoms with van der Waals surface area (Å²) in [7, 11) is -3.58. The minimum Gasteiger partial charge on any atom is -0.258 e. The van der Waals surface area contributed by atoms with E-state index in [-0.39, 0.29) is 10.6 Å². The first-order valence-corrected chi connectivity index (χ1v) is 13.1. The molecule has 1 saturated heterocycles. The quantitative estimate of drug-likeness (QED) is 0.283. The van der Waals surface area contributed by atoms with Crippen LogP contribution in [-0.4, -0.2) is 41.9 Å². The highest BCUT2D eigenvalue weighted by Crippen LogP contribution is 2.30. The van der Waals surface area contributed by atoms with Crippen molar-refractivity contribution in [2.24, 2.45) is 16.9 Å². The van der Waals surface area contributed by atoms with Crippen molar-refractivity contribution in [3.63, 3.8) is 0 Å². The lowest BCUT2D eigenvalue weighted by Crippen LogP contribution is -2.42. The molecular weight excluding hydrogens is 474 g/mol. The van der Waals surface area contributed by atoms with E-state index in [9.17, 15) is 18.5 Å². The number of nitrogens with zero attached hydrogens (tertiary/aromatic N) is 4. The summed E-state index contributed by atoms with van der Waals surface area (Å²) in [6.07, 6.45) is 2.51. The molecule has 1 aromatic heterocycles. The maximum atomic E-state index is 13.2. The number of hydrogen-bond acceptors (Lipinski definition) is 8. The van der Waals surface area contributed by atoms with Crippen molar-refractivity contribution in [1.82, 2.24) is 9.29 Å². The number of anilines is 1. The van der Waals surface area contributed by atoms with Crippen molar-refractivity contribution in [2.75, 3.05) is 18.5 Å². The highest BCUT2D eigenvalue weighted by molar-refractivity contribution is 7.89. The second-order valence-corrected chi connectivity index (χ2v) is 11.4. The van der Waals surface area contributed by atoms with Crippen LogP contribution in [0.5, 0.6) is 0 Å². The molecule has 1 aliphatic rings. The molecule has 0 spiro atoms. The number of rotatable bonds is 7. The minimum atomic E-state index is -3.58. The molecule has 0 radical (unpaired) electrons. The standard InChI is InChI=1S/C23H25N5O4S2/c1-16-9-17(2)14-27(13-16)34(31,32)21-8-4-6-19(11-21)22-15-33-23(25-22)26-24-12-18-5-3-7-20(10-18)28(29)30/h3-8,10-12,15-17H,9,13-14H2,1-2H3,(H,25,26). The van der Waals surface area contributed by atoms with Crippen LogP contribution in [0.15, 0.2) is 63.9 Å². The van der Waals surface area contributed by atoms with Gasteiger partial charge in [0, 0.05) is 41.7 Å². The van der Waals surface area contributed by atoms with E-state index in [0.717, 1.165) is 6.42 Å². The Morgan fingerprint density at radius 2 is 1.91 bits per heavy atom. The van der Waals surface area contributed by atoms with Gasteiger partial charge in [-0.1, -0.05) is 38.1 Å². The molecule has 0 aliphatic carbocycles. The third kappa shape index (κ3) is 5.49. The van der Waals surface area contributed by atoms with E-state index >= 15 is 0 Å². The Bertz CT molecular complexity index is 1310. The van der Waals surface area contributed by atoms with Gasteiger partial charge >= 0.3 is 0 Å². The molecule has 178 valence electrons. The zero-order valence-electron chi connectivity index (χ0n) is 18.8. The maximum absolute atomic E-state index is 13.2. The summed E-state index contributed by atoms with van der Waals surface area (Å²) < 4.78 is 28.1. The smallest absolute Gasteiger partial charge is 0.258 e. The van der Waals surface area contributed by atoms with Gasteiger partial charge in [0.05, 0.1) is 21.7 Å². The first-order chi connectivity index (χ1) is 16.2. The maximum Gasteiger partial charge on any atom is 0.270 e. The van der Waals surface area contributed by atoms with Crippen LogP contribution in [0.4, 0.5) is 10.8 Å². The molecule has 3 aromatic rings. The largest absolute Gasteiger partial charge is 0.270 e. The summed E-state index contributed by atoms with van der Waals surface area (Å²) in [5.74, 6) is 0.660. The fourth-order valence-electron chi connectivity index (χ4n) is 4.11. The molecule has 34 heavy (non-hydrogen) atoms. The van der Waals surface area contributed by atoms with Crippen LogP contribution >= 0.6 is 11.3 Å². The molecule has 1 fully saturated rings. The van der Waals surface area contributed by atoms with E-state index < -0.39 is 14.9 Å². The van der Waals surface area contributed by atoms with Gasteiger partial charge in [0.15, 0.2) is 0 Å². The molecule has 2 unspecified atom stereocenters. The number of sulfonamides is 1. The fourth-order valence-corrected chi connectivity index (χ4v) is 6.50. The predicted octanol–water partition coefficient (Wildman–Crippen LogP) is 4.83. The molecule has 4 rings (SSSR count). The number of piperidine rings is 1. The highest BCUT2D eigenvalue weighted by Gasteiger charge is 2.31. The number of aromatic nitrogens is 1. The van der Waals surface area contributed by atoms with Crippen LogP contribution in [0.3, 0.4) is 0 Å². The molecule has 2 heterocycles. The van der Waals surface area contributed by atoms with Crippen molar-refractivity contribution >= 4 is 38.4 Å². The van der Waals surface area contributed by atoms with E-state index in [1.807, 2.05) is 11.4 Å². The van der Waals surface area contributed by atoms with E-state index in [1.54, 1.807) is 34.6 Å². The monoisotopic (exact) mass is 499 g/mol.